The smallest absolute Gasteiger partial charge is 0.271 e. The largest absolute Gasteiger partial charge is 0.338 e. The Kier molecular flexibility index (Phi) is 4.97. The molecular weight excluding hydrogens is 334 g/mol. The van der Waals surface area contributed by atoms with Crippen molar-refractivity contribution < 1.29 is 14.5 Å². The number of nitro benzene ring substituents is 1. The standard InChI is InChI=1S/C19H19N3O4/c1-13-5-7-14(8-6-13)11-21-12-15(9-18(21)23)19(24)20-16-3-2-4-17(10-16)22(25)26/h2-8,10,15H,9,11-12H2,1H3,(H,20,24)/t15-/m0/s1. The zero-order valence-electron chi connectivity index (χ0n) is 14.3. The monoisotopic (exact) mass is 353 g/mol. The Bertz CT molecular complexity index is 848. The van der Waals surface area contributed by atoms with Gasteiger partial charge in [-0.25, -0.2) is 0 Å². The zero-order valence-corrected chi connectivity index (χ0v) is 14.3. The van der Waals surface area contributed by atoms with Crippen LogP contribution in [0.3, 0.4) is 0 Å². The topological polar surface area (TPSA) is 92.6 Å². The number of aryl methyl sites for hydroxylation is 1. The van der Waals surface area contributed by atoms with Gasteiger partial charge in [0.25, 0.3) is 5.69 Å². The zero-order chi connectivity index (χ0) is 18.7. The molecule has 0 radical (unpaired) electrons. The number of carbonyl (C=O) groups is 2. The first-order valence-corrected chi connectivity index (χ1v) is 8.31. The van der Waals surface area contributed by atoms with Gasteiger partial charge in [0.15, 0.2) is 0 Å². The maximum absolute atomic E-state index is 12.4. The summed E-state index contributed by atoms with van der Waals surface area (Å²) in [4.78, 5) is 36.6. The van der Waals surface area contributed by atoms with E-state index in [1.54, 1.807) is 11.0 Å². The number of hydrogen-bond acceptors (Lipinski definition) is 4. The fourth-order valence-electron chi connectivity index (χ4n) is 2.96. The van der Waals surface area contributed by atoms with Gasteiger partial charge in [-0.1, -0.05) is 35.9 Å². The molecule has 0 spiro atoms. The van der Waals surface area contributed by atoms with E-state index in [9.17, 15) is 19.7 Å². The number of hydrogen-bond donors (Lipinski definition) is 1. The van der Waals surface area contributed by atoms with Crippen molar-refractivity contribution in [3.63, 3.8) is 0 Å². The fourth-order valence-corrected chi connectivity index (χ4v) is 2.96. The van der Waals surface area contributed by atoms with Crippen molar-refractivity contribution in [2.75, 3.05) is 11.9 Å². The van der Waals surface area contributed by atoms with Gasteiger partial charge >= 0.3 is 0 Å². The molecule has 1 aliphatic rings. The molecule has 0 aromatic heterocycles. The molecule has 1 heterocycles. The van der Waals surface area contributed by atoms with E-state index in [0.29, 0.717) is 18.8 Å². The molecule has 1 aliphatic heterocycles. The minimum atomic E-state index is -0.516. The van der Waals surface area contributed by atoms with Crippen LogP contribution in [0.4, 0.5) is 11.4 Å². The molecule has 2 aromatic rings. The molecule has 1 N–H and O–H groups in total. The Morgan fingerprint density at radius 3 is 2.69 bits per heavy atom. The molecule has 0 bridgehead atoms. The molecule has 3 rings (SSSR count). The second-order valence-corrected chi connectivity index (χ2v) is 6.46. The fraction of sp³-hybridized carbons (Fsp3) is 0.263. The molecule has 0 unspecified atom stereocenters. The average Bonchev–Trinajstić information content (AvgIpc) is 2.98. The van der Waals surface area contributed by atoms with Crippen LogP contribution in [0.2, 0.25) is 0 Å². The summed E-state index contributed by atoms with van der Waals surface area (Å²) >= 11 is 0. The third-order valence-corrected chi connectivity index (χ3v) is 4.40. The first-order valence-electron chi connectivity index (χ1n) is 8.31. The van der Waals surface area contributed by atoms with Gasteiger partial charge in [-0.2, -0.15) is 0 Å². The van der Waals surface area contributed by atoms with Crippen molar-refractivity contribution in [2.45, 2.75) is 19.9 Å². The van der Waals surface area contributed by atoms with Crippen LogP contribution in [0.1, 0.15) is 17.5 Å². The predicted molar refractivity (Wildman–Crippen MR) is 96.4 cm³/mol. The molecule has 7 heteroatoms. The third-order valence-electron chi connectivity index (χ3n) is 4.40. The van der Waals surface area contributed by atoms with E-state index in [-0.39, 0.29) is 23.9 Å². The molecule has 0 aliphatic carbocycles. The van der Waals surface area contributed by atoms with Gasteiger partial charge in [-0.15, -0.1) is 0 Å². The van der Waals surface area contributed by atoms with E-state index in [1.807, 2.05) is 31.2 Å². The van der Waals surface area contributed by atoms with Gasteiger partial charge in [-0.05, 0) is 18.6 Å². The normalized spacial score (nSPS) is 16.6. The average molecular weight is 353 g/mol. The lowest BCUT2D eigenvalue weighted by Gasteiger charge is -2.17. The Morgan fingerprint density at radius 2 is 2.00 bits per heavy atom. The summed E-state index contributed by atoms with van der Waals surface area (Å²) in [5, 5.41) is 13.5. The van der Waals surface area contributed by atoms with E-state index < -0.39 is 10.8 Å². The number of nitrogens with one attached hydrogen (secondary N) is 1. The molecule has 1 saturated heterocycles. The van der Waals surface area contributed by atoms with Crippen LogP contribution < -0.4 is 5.32 Å². The Morgan fingerprint density at radius 1 is 1.27 bits per heavy atom. The highest BCUT2D eigenvalue weighted by molar-refractivity contribution is 5.97. The van der Waals surface area contributed by atoms with Gasteiger partial charge in [-0.3, -0.25) is 19.7 Å². The number of anilines is 1. The van der Waals surface area contributed by atoms with E-state index in [2.05, 4.69) is 5.32 Å². The first kappa shape index (κ1) is 17.6. The highest BCUT2D eigenvalue weighted by atomic mass is 16.6. The number of rotatable bonds is 5. The van der Waals surface area contributed by atoms with Crippen molar-refractivity contribution in [3.05, 3.63) is 69.8 Å². The van der Waals surface area contributed by atoms with E-state index in [4.69, 9.17) is 0 Å². The van der Waals surface area contributed by atoms with Gasteiger partial charge < -0.3 is 10.2 Å². The Labute approximate surface area is 150 Å². The van der Waals surface area contributed by atoms with Crippen molar-refractivity contribution >= 4 is 23.2 Å². The summed E-state index contributed by atoms with van der Waals surface area (Å²) in [5.41, 5.74) is 2.43. The lowest BCUT2D eigenvalue weighted by molar-refractivity contribution is -0.384. The summed E-state index contributed by atoms with van der Waals surface area (Å²) in [7, 11) is 0. The number of nitro groups is 1. The van der Waals surface area contributed by atoms with Crippen LogP contribution in [-0.2, 0) is 16.1 Å². The van der Waals surface area contributed by atoms with Gasteiger partial charge in [0, 0.05) is 37.3 Å². The van der Waals surface area contributed by atoms with Crippen LogP contribution in [0.15, 0.2) is 48.5 Å². The van der Waals surface area contributed by atoms with Crippen LogP contribution >= 0.6 is 0 Å². The van der Waals surface area contributed by atoms with Crippen molar-refractivity contribution in [2.24, 2.45) is 5.92 Å². The van der Waals surface area contributed by atoms with Gasteiger partial charge in [0.2, 0.25) is 11.8 Å². The van der Waals surface area contributed by atoms with E-state index >= 15 is 0 Å². The first-order chi connectivity index (χ1) is 12.4. The highest BCUT2D eigenvalue weighted by Crippen LogP contribution is 2.23. The van der Waals surface area contributed by atoms with Crippen LogP contribution in [0.5, 0.6) is 0 Å². The van der Waals surface area contributed by atoms with Gasteiger partial charge in [0.1, 0.15) is 0 Å². The lowest BCUT2D eigenvalue weighted by atomic mass is 10.1. The van der Waals surface area contributed by atoms with Crippen molar-refractivity contribution in [1.82, 2.24) is 4.90 Å². The second-order valence-electron chi connectivity index (χ2n) is 6.46. The third kappa shape index (κ3) is 4.05. The Balaban J connectivity index is 1.62. The lowest BCUT2D eigenvalue weighted by Crippen LogP contribution is -2.28. The molecular formula is C19H19N3O4. The van der Waals surface area contributed by atoms with Crippen molar-refractivity contribution in [3.8, 4) is 0 Å². The van der Waals surface area contributed by atoms with E-state index in [0.717, 1.165) is 11.1 Å². The molecule has 26 heavy (non-hydrogen) atoms. The predicted octanol–water partition coefficient (Wildman–Crippen LogP) is 2.89. The van der Waals surface area contributed by atoms with Gasteiger partial charge in [0.05, 0.1) is 10.8 Å². The molecule has 0 saturated carbocycles. The molecule has 2 aromatic carbocycles. The second kappa shape index (κ2) is 7.35. The Hall–Kier alpha value is -3.22. The summed E-state index contributed by atoms with van der Waals surface area (Å²) in [6.07, 6.45) is 0.145. The highest BCUT2D eigenvalue weighted by Gasteiger charge is 2.34. The summed E-state index contributed by atoms with van der Waals surface area (Å²) in [6, 6.07) is 13.7. The number of carbonyl (C=O) groups excluding carboxylic acids is 2. The summed E-state index contributed by atoms with van der Waals surface area (Å²) < 4.78 is 0. The number of amides is 2. The quantitative estimate of drug-likeness (QED) is 0.661. The molecule has 134 valence electrons. The number of benzene rings is 2. The number of nitrogens with zero attached hydrogens (tertiary/aromatic N) is 2. The summed E-state index contributed by atoms with van der Waals surface area (Å²) in [5.74, 6) is -0.831. The SMILES string of the molecule is Cc1ccc(CN2C[C@@H](C(=O)Nc3cccc([N+](=O)[O-])c3)CC2=O)cc1. The van der Waals surface area contributed by atoms with Crippen LogP contribution in [0.25, 0.3) is 0 Å². The van der Waals surface area contributed by atoms with Crippen LogP contribution in [-0.4, -0.2) is 28.2 Å². The number of likely N-dealkylation sites (tertiary alicyclic amines) is 1. The minimum absolute atomic E-state index is 0.0650. The van der Waals surface area contributed by atoms with Crippen LogP contribution in [0, 0.1) is 23.0 Å². The molecule has 7 nitrogen and oxygen atoms in total. The van der Waals surface area contributed by atoms with E-state index in [1.165, 1.54) is 18.2 Å². The maximum Gasteiger partial charge on any atom is 0.271 e. The maximum atomic E-state index is 12.4. The summed E-state index contributed by atoms with van der Waals surface area (Å²) in [6.45, 7) is 2.81. The molecule has 2 amide bonds. The molecule has 1 atom stereocenters. The molecule has 1 fully saturated rings. The minimum Gasteiger partial charge on any atom is -0.338 e. The number of non-ortho nitro benzene ring substituents is 1. The van der Waals surface area contributed by atoms with Crippen molar-refractivity contribution in [1.29, 1.82) is 0 Å².